The fourth-order valence-electron chi connectivity index (χ4n) is 5.10. The van der Waals surface area contributed by atoms with Crippen LogP contribution in [-0.2, 0) is 6.42 Å². The molecule has 1 N–H and O–H groups in total. The molecule has 1 fully saturated rings. The smallest absolute Gasteiger partial charge is 0.325 e. The van der Waals surface area contributed by atoms with Gasteiger partial charge in [-0.05, 0) is 55.7 Å². The van der Waals surface area contributed by atoms with E-state index in [1.165, 1.54) is 16.8 Å². The van der Waals surface area contributed by atoms with Crippen LogP contribution in [0.1, 0.15) is 25.0 Å². The summed E-state index contributed by atoms with van der Waals surface area (Å²) in [5, 5.41) is 3.94. The zero-order chi connectivity index (χ0) is 26.8. The van der Waals surface area contributed by atoms with E-state index in [1.807, 2.05) is 55.7 Å². The molecule has 1 aromatic carbocycles. The fraction of sp³-hybridized carbons (Fsp3) is 0.267. The van der Waals surface area contributed by atoms with Crippen LogP contribution < -0.4 is 19.9 Å². The van der Waals surface area contributed by atoms with Crippen molar-refractivity contribution in [3.8, 4) is 11.8 Å². The summed E-state index contributed by atoms with van der Waals surface area (Å²) in [6.07, 6.45) is 12.8. The lowest BCUT2D eigenvalue weighted by molar-refractivity contribution is 0.442. The summed E-state index contributed by atoms with van der Waals surface area (Å²) in [5.74, 6) is 2.72. The first-order valence-electron chi connectivity index (χ1n) is 13.2. The average molecular weight is 540 g/mol. The quantitative estimate of drug-likeness (QED) is 0.416. The average Bonchev–Trinajstić information content (AvgIpc) is 3.57. The molecule has 0 saturated carbocycles. The van der Waals surface area contributed by atoms with Crippen LogP contribution in [0.5, 0.6) is 11.8 Å². The number of fused-ring (bicyclic) bond motifs is 1. The summed E-state index contributed by atoms with van der Waals surface area (Å²) in [7, 11) is 0. The minimum absolute atomic E-state index is 0.239. The summed E-state index contributed by atoms with van der Waals surface area (Å²) in [6.45, 7) is 8.12. The molecule has 0 amide bonds. The van der Waals surface area contributed by atoms with E-state index in [2.05, 4.69) is 55.2 Å². The third-order valence-electron chi connectivity index (χ3n) is 7.01. The van der Waals surface area contributed by atoms with E-state index < -0.39 is 0 Å². The molecule has 6 rings (SSSR count). The van der Waals surface area contributed by atoms with Gasteiger partial charge in [0.2, 0.25) is 0 Å². The van der Waals surface area contributed by atoms with E-state index in [1.54, 1.807) is 0 Å². The van der Waals surface area contributed by atoms with Gasteiger partial charge < -0.3 is 19.9 Å². The summed E-state index contributed by atoms with van der Waals surface area (Å²) in [6, 6.07) is 10.2. The highest BCUT2D eigenvalue weighted by Gasteiger charge is 2.22. The third kappa shape index (κ3) is 5.52. The number of rotatable bonds is 6. The van der Waals surface area contributed by atoms with Crippen LogP contribution in [0.15, 0.2) is 77.1 Å². The minimum Gasteiger partial charge on any atom is -0.423 e. The number of aromatic nitrogens is 3. The Labute approximate surface area is 233 Å². The second-order valence-electron chi connectivity index (χ2n) is 9.84. The van der Waals surface area contributed by atoms with Gasteiger partial charge in [0, 0.05) is 55.9 Å². The van der Waals surface area contributed by atoms with Gasteiger partial charge >= 0.3 is 6.01 Å². The lowest BCUT2D eigenvalue weighted by Crippen LogP contribution is -2.46. The van der Waals surface area contributed by atoms with Crippen LogP contribution in [0.2, 0.25) is 5.02 Å². The number of piperazine rings is 1. The second-order valence-corrected chi connectivity index (χ2v) is 10.2. The van der Waals surface area contributed by atoms with Crippen molar-refractivity contribution < 1.29 is 4.74 Å². The lowest BCUT2D eigenvalue weighted by Gasteiger charge is -2.36. The van der Waals surface area contributed by atoms with Gasteiger partial charge in [-0.25, -0.2) is 0 Å². The predicted octanol–water partition coefficient (Wildman–Crippen LogP) is 5.93. The summed E-state index contributed by atoms with van der Waals surface area (Å²) < 4.78 is 6.22. The van der Waals surface area contributed by atoms with Crippen molar-refractivity contribution >= 4 is 40.8 Å². The molecule has 0 spiro atoms. The molecule has 3 aromatic rings. The molecule has 1 aliphatic carbocycles. The van der Waals surface area contributed by atoms with E-state index in [9.17, 15) is 0 Å². The highest BCUT2D eigenvalue weighted by Crippen LogP contribution is 2.39. The van der Waals surface area contributed by atoms with E-state index in [-0.39, 0.29) is 6.01 Å². The van der Waals surface area contributed by atoms with Gasteiger partial charge in [0.05, 0.1) is 11.6 Å². The Hall–Kier alpha value is -4.17. The van der Waals surface area contributed by atoms with Crippen LogP contribution in [0.25, 0.3) is 6.08 Å². The van der Waals surface area contributed by atoms with Crippen molar-refractivity contribution in [2.24, 2.45) is 4.99 Å². The number of pyridine rings is 1. The maximum atomic E-state index is 6.76. The Morgan fingerprint density at radius 3 is 2.59 bits per heavy atom. The standard InChI is InChI=1S/C30H30ClN7O/c1-3-4-21-17-26(33-19-21)34-27-18-28(38-13-11-37(12-14-38)23-7-9-32-10-8-23)36-30(35-27)39-25-6-5-22-15-20(2)16-24(22)29(25)31/h3-10,16-18H,11-15,19H2,1-2H3,(H,33,34,35,36)/b4-3+. The molecule has 0 bridgehead atoms. The van der Waals surface area contributed by atoms with Gasteiger partial charge in [0.25, 0.3) is 0 Å². The van der Waals surface area contributed by atoms with Gasteiger partial charge in [-0.3, -0.25) is 9.98 Å². The summed E-state index contributed by atoms with van der Waals surface area (Å²) in [4.78, 5) is 22.8. The highest BCUT2D eigenvalue weighted by atomic mass is 35.5. The van der Waals surface area contributed by atoms with Crippen LogP contribution >= 0.6 is 11.6 Å². The molecule has 3 aliphatic rings. The van der Waals surface area contributed by atoms with Crippen molar-refractivity contribution in [3.63, 3.8) is 0 Å². The van der Waals surface area contributed by atoms with Crippen molar-refractivity contribution in [3.05, 3.63) is 88.2 Å². The number of ether oxygens (including phenoxy) is 1. The predicted molar refractivity (Wildman–Crippen MR) is 158 cm³/mol. The van der Waals surface area contributed by atoms with Crippen molar-refractivity contribution in [1.82, 2.24) is 15.0 Å². The first-order valence-corrected chi connectivity index (χ1v) is 13.5. The fourth-order valence-corrected chi connectivity index (χ4v) is 5.37. The Morgan fingerprint density at radius 2 is 1.79 bits per heavy atom. The molecule has 2 aliphatic heterocycles. The molecule has 198 valence electrons. The Morgan fingerprint density at radius 1 is 1.00 bits per heavy atom. The monoisotopic (exact) mass is 539 g/mol. The molecule has 0 unspecified atom stereocenters. The number of nitrogens with zero attached hydrogens (tertiary/aromatic N) is 6. The van der Waals surface area contributed by atoms with E-state index >= 15 is 0 Å². The van der Waals surface area contributed by atoms with Crippen LogP contribution in [-0.4, -0.2) is 53.5 Å². The normalized spacial score (nSPS) is 16.7. The lowest BCUT2D eigenvalue weighted by atomic mass is 10.1. The highest BCUT2D eigenvalue weighted by molar-refractivity contribution is 6.33. The number of hydrogen-bond acceptors (Lipinski definition) is 8. The van der Waals surface area contributed by atoms with Gasteiger partial charge in [-0.15, -0.1) is 0 Å². The minimum atomic E-state index is 0.239. The van der Waals surface area contributed by atoms with Crippen molar-refractivity contribution in [1.29, 1.82) is 0 Å². The van der Waals surface area contributed by atoms with Gasteiger partial charge in [-0.2, -0.15) is 9.97 Å². The Kier molecular flexibility index (Phi) is 7.02. The van der Waals surface area contributed by atoms with Gasteiger partial charge in [0.1, 0.15) is 23.2 Å². The number of nitrogens with one attached hydrogen (secondary N) is 1. The van der Waals surface area contributed by atoms with E-state index in [4.69, 9.17) is 21.3 Å². The summed E-state index contributed by atoms with van der Waals surface area (Å²) >= 11 is 6.76. The van der Waals surface area contributed by atoms with Crippen LogP contribution in [0.4, 0.5) is 17.3 Å². The maximum absolute atomic E-state index is 6.76. The van der Waals surface area contributed by atoms with Crippen LogP contribution in [0, 0.1) is 0 Å². The molecule has 9 heteroatoms. The van der Waals surface area contributed by atoms with Gasteiger partial charge in [0.15, 0.2) is 0 Å². The number of amidine groups is 1. The Bertz CT molecular complexity index is 1510. The van der Waals surface area contributed by atoms with E-state index in [0.29, 0.717) is 23.1 Å². The molecule has 39 heavy (non-hydrogen) atoms. The number of anilines is 3. The first kappa shape index (κ1) is 25.1. The molecule has 2 aromatic heterocycles. The maximum Gasteiger partial charge on any atom is 0.325 e. The number of aliphatic imine (C=N–C) groups is 1. The van der Waals surface area contributed by atoms with Crippen LogP contribution in [0.3, 0.4) is 0 Å². The van der Waals surface area contributed by atoms with E-state index in [0.717, 1.165) is 55.4 Å². The SMILES string of the molecule is C/C=C/C1=CC(Nc2cc(N3CCN(c4ccncc4)CC3)nc(Oc3ccc4c(c3Cl)C=C(C)C4)n2)=NC1. The second kappa shape index (κ2) is 10.9. The number of benzene rings is 1. The largest absolute Gasteiger partial charge is 0.423 e. The Balaban J connectivity index is 1.27. The zero-order valence-electron chi connectivity index (χ0n) is 22.1. The van der Waals surface area contributed by atoms with Gasteiger partial charge in [-0.1, -0.05) is 41.5 Å². The first-order chi connectivity index (χ1) is 19.1. The molecular formula is C30H30ClN7O. The zero-order valence-corrected chi connectivity index (χ0v) is 22.8. The molecule has 0 radical (unpaired) electrons. The molecule has 0 atom stereocenters. The number of halogens is 1. The number of allylic oxidation sites excluding steroid dienone is 2. The molecule has 4 heterocycles. The molecular weight excluding hydrogens is 510 g/mol. The van der Waals surface area contributed by atoms with Crippen molar-refractivity contribution in [2.45, 2.75) is 20.3 Å². The topological polar surface area (TPSA) is 78.8 Å². The summed E-state index contributed by atoms with van der Waals surface area (Å²) in [5.41, 5.74) is 5.82. The third-order valence-corrected chi connectivity index (χ3v) is 7.40. The molecule has 1 saturated heterocycles. The number of hydrogen-bond donors (Lipinski definition) is 1. The van der Waals surface area contributed by atoms with Crippen molar-refractivity contribution in [2.75, 3.05) is 47.8 Å². The molecule has 8 nitrogen and oxygen atoms in total.